The van der Waals surface area contributed by atoms with Crippen LogP contribution in [0.2, 0.25) is 0 Å². The fraction of sp³-hybridized carbons (Fsp3) is 0.944. The Morgan fingerprint density at radius 1 is 1.19 bits per heavy atom. The van der Waals surface area contributed by atoms with Gasteiger partial charge in [-0.25, -0.2) is 0 Å². The highest BCUT2D eigenvalue weighted by Crippen LogP contribution is 2.32. The Labute approximate surface area is 131 Å². The van der Waals surface area contributed by atoms with Gasteiger partial charge in [0.1, 0.15) is 0 Å². The lowest BCUT2D eigenvalue weighted by molar-refractivity contribution is -0.122. The first-order chi connectivity index (χ1) is 9.84. The SMILES string of the molecule is C[C@H](NC(=O)CCC(CCN)C(C)(C)C)C1CCCCC1. The van der Waals surface area contributed by atoms with E-state index in [4.69, 9.17) is 5.73 Å². The predicted molar refractivity (Wildman–Crippen MR) is 90.0 cm³/mol. The van der Waals surface area contributed by atoms with Gasteiger partial charge in [0.15, 0.2) is 0 Å². The summed E-state index contributed by atoms with van der Waals surface area (Å²) in [5, 5.41) is 3.23. The number of nitrogens with two attached hydrogens (primary N) is 1. The Hall–Kier alpha value is -0.570. The van der Waals surface area contributed by atoms with Crippen LogP contribution < -0.4 is 11.1 Å². The Bertz CT molecular complexity index is 303. The lowest BCUT2D eigenvalue weighted by atomic mass is 9.76. The zero-order chi connectivity index (χ0) is 15.9. The number of carbonyl (C=O) groups excluding carboxylic acids is 1. The van der Waals surface area contributed by atoms with Crippen LogP contribution in [0, 0.1) is 17.3 Å². The molecule has 1 rings (SSSR count). The van der Waals surface area contributed by atoms with Crippen LogP contribution in [-0.4, -0.2) is 18.5 Å². The van der Waals surface area contributed by atoms with E-state index in [0.717, 1.165) is 12.8 Å². The molecule has 0 radical (unpaired) electrons. The Balaban J connectivity index is 2.34. The normalized spacial score (nSPS) is 20.0. The molecule has 21 heavy (non-hydrogen) atoms. The third-order valence-corrected chi connectivity index (χ3v) is 5.21. The summed E-state index contributed by atoms with van der Waals surface area (Å²) in [6.45, 7) is 9.62. The minimum Gasteiger partial charge on any atom is -0.353 e. The van der Waals surface area contributed by atoms with Crippen molar-refractivity contribution >= 4 is 5.91 Å². The summed E-state index contributed by atoms with van der Waals surface area (Å²) in [6, 6.07) is 0.334. The molecule has 0 aliphatic heterocycles. The van der Waals surface area contributed by atoms with E-state index < -0.39 is 0 Å². The standard InChI is InChI=1S/C18H36N2O/c1-14(15-8-6-5-7-9-15)20-17(21)11-10-16(12-13-19)18(2,3)4/h14-16H,5-13,19H2,1-4H3,(H,20,21)/t14-,16?/m0/s1. The summed E-state index contributed by atoms with van der Waals surface area (Å²) in [5.41, 5.74) is 5.94. The molecule has 1 aliphatic carbocycles. The van der Waals surface area contributed by atoms with Crippen molar-refractivity contribution in [2.75, 3.05) is 6.54 Å². The fourth-order valence-electron chi connectivity index (χ4n) is 3.59. The highest BCUT2D eigenvalue weighted by Gasteiger charge is 2.25. The molecular weight excluding hydrogens is 260 g/mol. The molecule has 1 saturated carbocycles. The largest absolute Gasteiger partial charge is 0.353 e. The van der Waals surface area contributed by atoms with E-state index in [9.17, 15) is 4.79 Å². The lowest BCUT2D eigenvalue weighted by Gasteiger charge is -2.31. The molecule has 1 aliphatic rings. The summed E-state index contributed by atoms with van der Waals surface area (Å²) >= 11 is 0. The van der Waals surface area contributed by atoms with Gasteiger partial charge in [-0.2, -0.15) is 0 Å². The van der Waals surface area contributed by atoms with Gasteiger partial charge in [-0.15, -0.1) is 0 Å². The Kier molecular flexibility index (Phi) is 7.72. The Morgan fingerprint density at radius 3 is 2.33 bits per heavy atom. The van der Waals surface area contributed by atoms with Crippen LogP contribution in [0.5, 0.6) is 0 Å². The van der Waals surface area contributed by atoms with Crippen LogP contribution in [0.3, 0.4) is 0 Å². The average molecular weight is 296 g/mol. The van der Waals surface area contributed by atoms with Crippen LogP contribution >= 0.6 is 0 Å². The van der Waals surface area contributed by atoms with Gasteiger partial charge in [-0.05, 0) is 56.4 Å². The molecule has 0 heterocycles. The van der Waals surface area contributed by atoms with Gasteiger partial charge in [0, 0.05) is 12.5 Å². The molecule has 0 spiro atoms. The van der Waals surface area contributed by atoms with Gasteiger partial charge in [-0.1, -0.05) is 40.0 Å². The van der Waals surface area contributed by atoms with E-state index in [2.05, 4.69) is 33.0 Å². The van der Waals surface area contributed by atoms with Crippen molar-refractivity contribution in [1.29, 1.82) is 0 Å². The van der Waals surface area contributed by atoms with Gasteiger partial charge in [-0.3, -0.25) is 4.79 Å². The molecular formula is C18H36N2O. The van der Waals surface area contributed by atoms with Crippen LogP contribution in [-0.2, 0) is 4.79 Å². The van der Waals surface area contributed by atoms with Gasteiger partial charge in [0.2, 0.25) is 5.91 Å². The summed E-state index contributed by atoms with van der Waals surface area (Å²) < 4.78 is 0. The molecule has 3 heteroatoms. The first kappa shape index (κ1) is 18.5. The van der Waals surface area contributed by atoms with E-state index >= 15 is 0 Å². The van der Waals surface area contributed by atoms with Gasteiger partial charge < -0.3 is 11.1 Å². The third kappa shape index (κ3) is 6.82. The number of hydrogen-bond donors (Lipinski definition) is 2. The maximum absolute atomic E-state index is 12.2. The summed E-state index contributed by atoms with van der Waals surface area (Å²) in [6.07, 6.45) is 9.17. The average Bonchev–Trinajstić information content (AvgIpc) is 2.43. The van der Waals surface area contributed by atoms with Crippen molar-refractivity contribution in [3.05, 3.63) is 0 Å². The second-order valence-corrected chi connectivity index (χ2v) is 7.93. The van der Waals surface area contributed by atoms with Crippen molar-refractivity contribution < 1.29 is 4.79 Å². The zero-order valence-corrected chi connectivity index (χ0v) is 14.6. The first-order valence-corrected chi connectivity index (χ1v) is 8.84. The van der Waals surface area contributed by atoms with Gasteiger partial charge >= 0.3 is 0 Å². The highest BCUT2D eigenvalue weighted by atomic mass is 16.1. The van der Waals surface area contributed by atoms with E-state index in [1.807, 2.05) is 0 Å². The molecule has 124 valence electrons. The number of hydrogen-bond acceptors (Lipinski definition) is 2. The van der Waals surface area contributed by atoms with Crippen LogP contribution in [0.4, 0.5) is 0 Å². The monoisotopic (exact) mass is 296 g/mol. The van der Waals surface area contributed by atoms with Crippen molar-refractivity contribution in [3.8, 4) is 0 Å². The molecule has 3 N–H and O–H groups in total. The molecule has 1 fully saturated rings. The van der Waals surface area contributed by atoms with E-state index in [1.54, 1.807) is 0 Å². The quantitative estimate of drug-likeness (QED) is 0.749. The predicted octanol–water partition coefficient (Wildman–Crippen LogP) is 3.86. The molecule has 3 nitrogen and oxygen atoms in total. The van der Waals surface area contributed by atoms with Crippen LogP contribution in [0.1, 0.15) is 79.1 Å². The number of nitrogens with one attached hydrogen (secondary N) is 1. The number of rotatable bonds is 7. The van der Waals surface area contributed by atoms with Crippen molar-refractivity contribution in [2.24, 2.45) is 23.0 Å². The number of amides is 1. The fourth-order valence-corrected chi connectivity index (χ4v) is 3.59. The molecule has 2 atom stereocenters. The molecule has 0 aromatic heterocycles. The maximum atomic E-state index is 12.2. The molecule has 0 aromatic carbocycles. The van der Waals surface area contributed by atoms with Gasteiger partial charge in [0.05, 0.1) is 0 Å². The second kappa shape index (κ2) is 8.77. The summed E-state index contributed by atoms with van der Waals surface area (Å²) in [5.74, 6) is 1.43. The van der Waals surface area contributed by atoms with E-state index in [0.29, 0.717) is 30.8 Å². The van der Waals surface area contributed by atoms with E-state index in [1.165, 1.54) is 32.1 Å². The molecule has 0 saturated heterocycles. The molecule has 1 amide bonds. The summed E-state index contributed by atoms with van der Waals surface area (Å²) in [7, 11) is 0. The van der Waals surface area contributed by atoms with Crippen molar-refractivity contribution in [2.45, 2.75) is 85.1 Å². The summed E-state index contributed by atoms with van der Waals surface area (Å²) in [4.78, 5) is 12.2. The zero-order valence-electron chi connectivity index (χ0n) is 14.6. The second-order valence-electron chi connectivity index (χ2n) is 7.93. The van der Waals surface area contributed by atoms with Crippen LogP contribution in [0.25, 0.3) is 0 Å². The minimum absolute atomic E-state index is 0.222. The smallest absolute Gasteiger partial charge is 0.220 e. The van der Waals surface area contributed by atoms with E-state index in [-0.39, 0.29) is 11.3 Å². The highest BCUT2D eigenvalue weighted by molar-refractivity contribution is 5.76. The first-order valence-electron chi connectivity index (χ1n) is 8.84. The van der Waals surface area contributed by atoms with Gasteiger partial charge in [0.25, 0.3) is 0 Å². The minimum atomic E-state index is 0.222. The number of carbonyl (C=O) groups is 1. The topological polar surface area (TPSA) is 55.1 Å². The van der Waals surface area contributed by atoms with Crippen LogP contribution in [0.15, 0.2) is 0 Å². The van der Waals surface area contributed by atoms with Crippen molar-refractivity contribution in [3.63, 3.8) is 0 Å². The molecule has 1 unspecified atom stereocenters. The molecule has 0 bridgehead atoms. The Morgan fingerprint density at radius 2 is 1.81 bits per heavy atom. The molecule has 0 aromatic rings. The van der Waals surface area contributed by atoms with Crippen molar-refractivity contribution in [1.82, 2.24) is 5.32 Å². The maximum Gasteiger partial charge on any atom is 0.220 e. The lowest BCUT2D eigenvalue weighted by Crippen LogP contribution is -2.39. The third-order valence-electron chi connectivity index (χ3n) is 5.21.